The average molecular weight is 402 g/mol. The summed E-state index contributed by atoms with van der Waals surface area (Å²) < 4.78 is 21.7. The van der Waals surface area contributed by atoms with Gasteiger partial charge in [-0.2, -0.15) is 0 Å². The van der Waals surface area contributed by atoms with Gasteiger partial charge in [0.1, 0.15) is 17.6 Å². The molecule has 2 aromatic carbocycles. The molecule has 30 heavy (non-hydrogen) atoms. The molecule has 3 heterocycles. The molecule has 1 atom stereocenters. The van der Waals surface area contributed by atoms with E-state index < -0.39 is 11.9 Å². The fourth-order valence-electron chi connectivity index (χ4n) is 3.75. The quantitative estimate of drug-likeness (QED) is 0.524. The van der Waals surface area contributed by atoms with Crippen molar-refractivity contribution in [1.82, 2.24) is 19.7 Å². The van der Waals surface area contributed by atoms with Gasteiger partial charge in [-0.3, -0.25) is 4.79 Å². The number of hydrogen-bond acceptors (Lipinski definition) is 4. The summed E-state index contributed by atoms with van der Waals surface area (Å²) in [4.78, 5) is 14.4. The molecule has 0 saturated carbocycles. The second kappa shape index (κ2) is 7.68. The highest BCUT2D eigenvalue weighted by atomic mass is 19.1. The Bertz CT molecular complexity index is 1210. The zero-order valence-electron chi connectivity index (χ0n) is 16.1. The number of carbonyl (C=O) groups excluding carboxylic acids is 1. The zero-order chi connectivity index (χ0) is 20.5. The summed E-state index contributed by atoms with van der Waals surface area (Å²) in [6, 6.07) is 20.0. The van der Waals surface area contributed by atoms with E-state index in [2.05, 4.69) is 10.3 Å². The van der Waals surface area contributed by atoms with Crippen LogP contribution in [-0.2, 0) is 4.74 Å². The Morgan fingerprint density at radius 3 is 2.63 bits per heavy atom. The Morgan fingerprint density at radius 1 is 1.00 bits per heavy atom. The third kappa shape index (κ3) is 3.33. The van der Waals surface area contributed by atoms with Crippen molar-refractivity contribution < 1.29 is 13.9 Å². The Hall–Kier alpha value is -3.58. The number of pyridine rings is 1. The van der Waals surface area contributed by atoms with Crippen LogP contribution in [0.3, 0.4) is 0 Å². The number of rotatable bonds is 3. The van der Waals surface area contributed by atoms with Crippen molar-refractivity contribution in [3.63, 3.8) is 0 Å². The molecule has 0 radical (unpaired) electrons. The minimum Gasteiger partial charge on any atom is -0.368 e. The first-order chi connectivity index (χ1) is 14.7. The number of aromatic nitrogens is 3. The van der Waals surface area contributed by atoms with E-state index in [1.54, 1.807) is 21.5 Å². The second-order valence-corrected chi connectivity index (χ2v) is 7.18. The predicted octanol–water partition coefficient (Wildman–Crippen LogP) is 3.75. The van der Waals surface area contributed by atoms with Crippen LogP contribution in [0.2, 0.25) is 0 Å². The van der Waals surface area contributed by atoms with Crippen LogP contribution in [0.1, 0.15) is 22.2 Å². The van der Waals surface area contributed by atoms with E-state index >= 15 is 0 Å². The number of morpholine rings is 1. The summed E-state index contributed by atoms with van der Waals surface area (Å²) in [6.45, 7) is 1.05. The summed E-state index contributed by atoms with van der Waals surface area (Å²) >= 11 is 0. The fraction of sp³-hybridized carbons (Fsp3) is 0.174. The predicted molar refractivity (Wildman–Crippen MR) is 109 cm³/mol. The van der Waals surface area contributed by atoms with Crippen LogP contribution in [0.4, 0.5) is 4.39 Å². The van der Waals surface area contributed by atoms with Crippen molar-refractivity contribution in [1.29, 1.82) is 0 Å². The number of ether oxygens (including phenoxy) is 1. The highest BCUT2D eigenvalue weighted by Crippen LogP contribution is 2.27. The van der Waals surface area contributed by atoms with E-state index in [1.165, 1.54) is 12.1 Å². The van der Waals surface area contributed by atoms with Gasteiger partial charge in [-0.25, -0.2) is 8.91 Å². The number of fused-ring (bicyclic) bond motifs is 1. The van der Waals surface area contributed by atoms with Gasteiger partial charge < -0.3 is 9.64 Å². The number of nitrogens with zero attached hydrogens (tertiary/aromatic N) is 4. The van der Waals surface area contributed by atoms with Crippen molar-refractivity contribution in [3.8, 4) is 11.1 Å². The molecular formula is C23H19FN4O2. The summed E-state index contributed by atoms with van der Waals surface area (Å²) in [5, 5.41) is 8.56. The van der Waals surface area contributed by atoms with Gasteiger partial charge >= 0.3 is 0 Å². The first kappa shape index (κ1) is 18.4. The molecule has 0 aliphatic carbocycles. The average Bonchev–Trinajstić information content (AvgIpc) is 3.23. The number of amides is 1. The minimum absolute atomic E-state index is 0.0680. The fourth-order valence-corrected chi connectivity index (χ4v) is 3.75. The molecule has 0 N–H and O–H groups in total. The van der Waals surface area contributed by atoms with Gasteiger partial charge in [-0.15, -0.1) is 5.10 Å². The van der Waals surface area contributed by atoms with Crippen LogP contribution < -0.4 is 0 Å². The van der Waals surface area contributed by atoms with Crippen molar-refractivity contribution in [2.24, 2.45) is 0 Å². The number of carbonyl (C=O) groups is 1. The number of hydrogen-bond donors (Lipinski definition) is 0. The van der Waals surface area contributed by atoms with E-state index in [-0.39, 0.29) is 11.5 Å². The molecule has 2 aromatic heterocycles. The molecule has 0 unspecified atom stereocenters. The topological polar surface area (TPSA) is 59.7 Å². The first-order valence-corrected chi connectivity index (χ1v) is 9.76. The lowest BCUT2D eigenvalue weighted by Crippen LogP contribution is -2.42. The van der Waals surface area contributed by atoms with Crippen molar-refractivity contribution in [2.75, 3.05) is 19.7 Å². The summed E-state index contributed by atoms with van der Waals surface area (Å²) in [6.07, 6.45) is 1.50. The molecule has 5 rings (SSSR count). The Labute approximate surface area is 172 Å². The molecule has 1 fully saturated rings. The van der Waals surface area contributed by atoms with Crippen molar-refractivity contribution >= 4 is 11.4 Å². The van der Waals surface area contributed by atoms with Crippen LogP contribution in [0.5, 0.6) is 0 Å². The molecule has 4 aromatic rings. The van der Waals surface area contributed by atoms with Crippen LogP contribution in [0.25, 0.3) is 16.6 Å². The molecule has 1 amide bonds. The lowest BCUT2D eigenvalue weighted by Gasteiger charge is -2.32. The van der Waals surface area contributed by atoms with Gasteiger partial charge in [0, 0.05) is 18.3 Å². The summed E-state index contributed by atoms with van der Waals surface area (Å²) in [7, 11) is 0. The van der Waals surface area contributed by atoms with Gasteiger partial charge in [0.15, 0.2) is 0 Å². The SMILES string of the molecule is O=C(c1ccccc1F)N1CCO[C@H](c2nnn3cc(-c4ccccc4)ccc23)C1. The van der Waals surface area contributed by atoms with Crippen molar-refractivity contribution in [2.45, 2.75) is 6.10 Å². The monoisotopic (exact) mass is 402 g/mol. The Morgan fingerprint density at radius 2 is 1.80 bits per heavy atom. The molecule has 0 spiro atoms. The highest BCUT2D eigenvalue weighted by Gasteiger charge is 2.30. The standard InChI is InChI=1S/C23H19FN4O2/c24-19-9-5-4-8-18(19)23(29)27-12-13-30-21(15-27)22-20-11-10-17(14-28(20)26-25-22)16-6-2-1-3-7-16/h1-11,14,21H,12-13,15H2/t21-/m0/s1. The Kier molecular flexibility index (Phi) is 4.72. The Balaban J connectivity index is 1.41. The molecule has 1 saturated heterocycles. The maximum atomic E-state index is 14.0. The van der Waals surface area contributed by atoms with E-state index in [4.69, 9.17) is 4.74 Å². The van der Waals surface area contributed by atoms with E-state index in [0.717, 1.165) is 16.6 Å². The summed E-state index contributed by atoms with van der Waals surface area (Å²) in [5.41, 5.74) is 3.67. The molecular weight excluding hydrogens is 383 g/mol. The van der Waals surface area contributed by atoms with Gasteiger partial charge in [0.25, 0.3) is 5.91 Å². The molecule has 1 aliphatic rings. The lowest BCUT2D eigenvalue weighted by atomic mass is 10.1. The minimum atomic E-state index is -0.520. The molecule has 150 valence electrons. The van der Waals surface area contributed by atoms with E-state index in [9.17, 15) is 9.18 Å². The van der Waals surface area contributed by atoms with Crippen LogP contribution in [0.15, 0.2) is 72.9 Å². The third-order valence-corrected chi connectivity index (χ3v) is 5.31. The van der Waals surface area contributed by atoms with Crippen LogP contribution in [-0.4, -0.2) is 45.3 Å². The smallest absolute Gasteiger partial charge is 0.257 e. The van der Waals surface area contributed by atoms with Crippen molar-refractivity contribution in [3.05, 3.63) is 90.0 Å². The number of benzene rings is 2. The maximum Gasteiger partial charge on any atom is 0.257 e. The normalized spacial score (nSPS) is 16.7. The maximum absolute atomic E-state index is 14.0. The van der Waals surface area contributed by atoms with E-state index in [1.807, 2.05) is 48.7 Å². The lowest BCUT2D eigenvalue weighted by molar-refractivity contribution is -0.0242. The number of halogens is 1. The van der Waals surface area contributed by atoms with Gasteiger partial charge in [-0.05, 0) is 23.8 Å². The van der Waals surface area contributed by atoms with Gasteiger partial charge in [-0.1, -0.05) is 53.7 Å². The van der Waals surface area contributed by atoms with Gasteiger partial charge in [0.05, 0.1) is 24.2 Å². The largest absolute Gasteiger partial charge is 0.368 e. The molecule has 0 bridgehead atoms. The van der Waals surface area contributed by atoms with Crippen LogP contribution in [0, 0.1) is 5.82 Å². The molecule has 6 nitrogen and oxygen atoms in total. The van der Waals surface area contributed by atoms with Gasteiger partial charge in [0.2, 0.25) is 0 Å². The second-order valence-electron chi connectivity index (χ2n) is 7.18. The summed E-state index contributed by atoms with van der Waals surface area (Å²) in [5.74, 6) is -0.864. The molecule has 7 heteroatoms. The molecule has 1 aliphatic heterocycles. The highest BCUT2D eigenvalue weighted by molar-refractivity contribution is 5.94. The van der Waals surface area contributed by atoms with E-state index in [0.29, 0.717) is 25.4 Å². The van der Waals surface area contributed by atoms with Crippen LogP contribution >= 0.6 is 0 Å². The zero-order valence-corrected chi connectivity index (χ0v) is 16.1. The first-order valence-electron chi connectivity index (χ1n) is 9.76. The third-order valence-electron chi connectivity index (χ3n) is 5.31.